The number of rotatable bonds is 46. The van der Waals surface area contributed by atoms with Gasteiger partial charge in [0.25, 0.3) is 0 Å². The van der Waals surface area contributed by atoms with Crippen molar-refractivity contribution in [3.63, 3.8) is 0 Å². The molecule has 13 nitrogen and oxygen atoms in total. The van der Waals surface area contributed by atoms with Crippen LogP contribution in [0.25, 0.3) is 0 Å². The van der Waals surface area contributed by atoms with Crippen LogP contribution >= 0.6 is 0 Å². The quantitative estimate of drug-likeness (QED) is 0.0322. The molecule has 0 fully saturated rings. The Hall–Kier alpha value is -3.22. The fourth-order valence-corrected chi connectivity index (χ4v) is 7.62. The first-order valence-electron chi connectivity index (χ1n) is 26.5. The fraction of sp³-hybridized carbons (Fsp3) is 0.887. The second-order valence-electron chi connectivity index (χ2n) is 18.7. The molecular weight excluding hydrogens is 843 g/mol. The Kier molecular flexibility index (Phi) is 41.0. The highest BCUT2D eigenvalue weighted by atomic mass is 16.6. The number of esters is 6. The SMILES string of the molecule is CCCCCCOC(=O)CCCCCC(=O)OCC(COC(=O)CCCCCC(=O)OCCCCCC)(COC(=O)CCCN(CC)C(C)C)COC(=O)CC(CCCCC)CCCCC. The van der Waals surface area contributed by atoms with Crippen LogP contribution in [-0.4, -0.2) is 99.5 Å². The zero-order valence-corrected chi connectivity index (χ0v) is 43.2. The molecule has 0 N–H and O–H groups in total. The summed E-state index contributed by atoms with van der Waals surface area (Å²) in [7, 11) is 0. The van der Waals surface area contributed by atoms with E-state index in [-0.39, 0.29) is 82.8 Å². The Morgan fingerprint density at radius 3 is 1.09 bits per heavy atom. The van der Waals surface area contributed by atoms with Gasteiger partial charge in [-0.2, -0.15) is 0 Å². The summed E-state index contributed by atoms with van der Waals surface area (Å²) in [6, 6.07) is 0.332. The number of carbonyl (C=O) groups is 6. The standard InChI is InChI=1S/C53H97NO12/c1-8-13-17-27-38-61-47(55)32-23-19-25-34-49(57)63-41-53(43-65-51(59)36-29-37-54(12-5)45(6)7,44-66-52(60)40-46(30-21-15-10-3)31-22-16-11-4)42-64-50(58)35-26-20-24-33-48(56)62-39-28-18-14-9-2/h45-46H,8-44H2,1-7H3. The summed E-state index contributed by atoms with van der Waals surface area (Å²) in [5, 5.41) is 0. The Morgan fingerprint density at radius 1 is 0.394 bits per heavy atom. The maximum atomic E-state index is 13.6. The summed E-state index contributed by atoms with van der Waals surface area (Å²) in [5.41, 5.74) is -1.36. The molecule has 0 aliphatic rings. The molecule has 0 spiro atoms. The lowest BCUT2D eigenvalue weighted by atomic mass is 9.91. The third kappa shape index (κ3) is 36.8. The molecule has 0 heterocycles. The summed E-state index contributed by atoms with van der Waals surface area (Å²) < 4.78 is 34.1. The van der Waals surface area contributed by atoms with Gasteiger partial charge in [0.05, 0.1) is 13.2 Å². The van der Waals surface area contributed by atoms with Crippen molar-refractivity contribution in [2.24, 2.45) is 11.3 Å². The van der Waals surface area contributed by atoms with E-state index < -0.39 is 29.3 Å². The zero-order chi connectivity index (χ0) is 49.1. The summed E-state index contributed by atoms with van der Waals surface area (Å²) >= 11 is 0. The van der Waals surface area contributed by atoms with Gasteiger partial charge in [-0.1, -0.05) is 125 Å². The molecule has 0 aromatic heterocycles. The predicted octanol–water partition coefficient (Wildman–Crippen LogP) is 12.0. The summed E-state index contributed by atoms with van der Waals surface area (Å²) in [6.45, 7) is 16.1. The van der Waals surface area contributed by atoms with Crippen LogP contribution in [0, 0.1) is 11.3 Å². The number of nitrogens with zero attached hydrogens (tertiary/aromatic N) is 1. The monoisotopic (exact) mass is 940 g/mol. The maximum absolute atomic E-state index is 13.6. The largest absolute Gasteiger partial charge is 0.466 e. The van der Waals surface area contributed by atoms with Crippen LogP contribution in [-0.2, 0) is 57.2 Å². The van der Waals surface area contributed by atoms with E-state index in [0.29, 0.717) is 64.2 Å². The van der Waals surface area contributed by atoms with Crippen molar-refractivity contribution in [1.29, 1.82) is 0 Å². The molecule has 0 aromatic carbocycles. The van der Waals surface area contributed by atoms with E-state index in [1.54, 1.807) is 0 Å². The molecule has 386 valence electrons. The topological polar surface area (TPSA) is 161 Å². The van der Waals surface area contributed by atoms with Crippen molar-refractivity contribution in [2.75, 3.05) is 52.7 Å². The van der Waals surface area contributed by atoms with E-state index >= 15 is 0 Å². The van der Waals surface area contributed by atoms with E-state index in [4.69, 9.17) is 28.4 Å². The minimum atomic E-state index is -1.36. The molecule has 0 aliphatic heterocycles. The van der Waals surface area contributed by atoms with E-state index in [9.17, 15) is 28.8 Å². The maximum Gasteiger partial charge on any atom is 0.306 e. The van der Waals surface area contributed by atoms with Crippen LogP contribution < -0.4 is 0 Å². The number of unbranched alkanes of at least 4 members (excludes halogenated alkanes) is 14. The van der Waals surface area contributed by atoms with Gasteiger partial charge >= 0.3 is 35.8 Å². The Bertz CT molecular complexity index is 1190. The molecule has 0 saturated carbocycles. The molecule has 0 atom stereocenters. The highest BCUT2D eigenvalue weighted by molar-refractivity contribution is 5.72. The molecule has 0 saturated heterocycles. The van der Waals surface area contributed by atoms with Gasteiger partial charge in [-0.05, 0) is 90.6 Å². The summed E-state index contributed by atoms with van der Waals surface area (Å²) in [6.07, 6.45) is 21.7. The van der Waals surface area contributed by atoms with E-state index in [0.717, 1.165) is 116 Å². The lowest BCUT2D eigenvalue weighted by Crippen LogP contribution is -2.44. The predicted molar refractivity (Wildman–Crippen MR) is 261 cm³/mol. The van der Waals surface area contributed by atoms with Gasteiger partial charge in [-0.15, -0.1) is 0 Å². The lowest BCUT2D eigenvalue weighted by molar-refractivity contribution is -0.171. The van der Waals surface area contributed by atoms with Gasteiger partial charge in [-0.25, -0.2) is 0 Å². The highest BCUT2D eigenvalue weighted by Gasteiger charge is 2.38. The van der Waals surface area contributed by atoms with Crippen LogP contribution in [0.1, 0.15) is 235 Å². The van der Waals surface area contributed by atoms with Crippen molar-refractivity contribution < 1.29 is 57.2 Å². The molecule has 0 amide bonds. The molecule has 66 heavy (non-hydrogen) atoms. The normalized spacial score (nSPS) is 11.5. The minimum Gasteiger partial charge on any atom is -0.466 e. The first kappa shape index (κ1) is 62.8. The third-order valence-corrected chi connectivity index (χ3v) is 12.1. The van der Waals surface area contributed by atoms with E-state index in [1.165, 1.54) is 0 Å². The number of hydrogen-bond donors (Lipinski definition) is 0. The summed E-state index contributed by atoms with van der Waals surface area (Å²) in [4.78, 5) is 79.7. The molecule has 0 aromatic rings. The van der Waals surface area contributed by atoms with Crippen molar-refractivity contribution in [2.45, 2.75) is 241 Å². The smallest absolute Gasteiger partial charge is 0.306 e. The van der Waals surface area contributed by atoms with Crippen molar-refractivity contribution in [3.05, 3.63) is 0 Å². The van der Waals surface area contributed by atoms with Gasteiger partial charge in [-0.3, -0.25) is 28.8 Å². The molecular formula is C53H97NO12. The van der Waals surface area contributed by atoms with E-state index in [1.807, 2.05) is 0 Å². The van der Waals surface area contributed by atoms with Crippen molar-refractivity contribution in [3.8, 4) is 0 Å². The second-order valence-corrected chi connectivity index (χ2v) is 18.7. The Morgan fingerprint density at radius 2 is 0.727 bits per heavy atom. The number of hydrogen-bond acceptors (Lipinski definition) is 13. The zero-order valence-electron chi connectivity index (χ0n) is 43.2. The number of carbonyl (C=O) groups excluding carboxylic acids is 6. The Balaban J connectivity index is 5.91. The fourth-order valence-electron chi connectivity index (χ4n) is 7.62. The average molecular weight is 940 g/mol. The molecule has 0 bridgehead atoms. The molecule has 0 unspecified atom stereocenters. The van der Waals surface area contributed by atoms with Crippen LogP contribution in [0.4, 0.5) is 0 Å². The first-order chi connectivity index (χ1) is 31.8. The minimum absolute atomic E-state index is 0.0922. The number of ether oxygens (including phenoxy) is 6. The first-order valence-corrected chi connectivity index (χ1v) is 26.5. The Labute approximate surface area is 401 Å². The van der Waals surface area contributed by atoms with E-state index in [2.05, 4.69) is 53.4 Å². The molecule has 13 heteroatoms. The molecule has 0 aliphatic carbocycles. The molecule has 0 rings (SSSR count). The van der Waals surface area contributed by atoms with Crippen LogP contribution in [0.5, 0.6) is 0 Å². The van der Waals surface area contributed by atoms with Gasteiger partial charge < -0.3 is 33.3 Å². The average Bonchev–Trinajstić information content (AvgIpc) is 3.29. The van der Waals surface area contributed by atoms with Crippen LogP contribution in [0.2, 0.25) is 0 Å². The van der Waals surface area contributed by atoms with Gasteiger partial charge in [0.1, 0.15) is 31.8 Å². The summed E-state index contributed by atoms with van der Waals surface area (Å²) in [5.74, 6) is -2.14. The van der Waals surface area contributed by atoms with Crippen LogP contribution in [0.3, 0.4) is 0 Å². The van der Waals surface area contributed by atoms with Crippen molar-refractivity contribution in [1.82, 2.24) is 4.90 Å². The van der Waals surface area contributed by atoms with Gasteiger partial charge in [0.15, 0.2) is 0 Å². The second kappa shape index (κ2) is 43.1. The van der Waals surface area contributed by atoms with Gasteiger partial charge in [0, 0.05) is 44.6 Å². The third-order valence-electron chi connectivity index (χ3n) is 12.1. The lowest BCUT2D eigenvalue weighted by Gasteiger charge is -2.32. The van der Waals surface area contributed by atoms with Crippen molar-refractivity contribution >= 4 is 35.8 Å². The molecule has 0 radical (unpaired) electrons. The highest BCUT2D eigenvalue weighted by Crippen LogP contribution is 2.26. The van der Waals surface area contributed by atoms with Crippen LogP contribution in [0.15, 0.2) is 0 Å². The van der Waals surface area contributed by atoms with Gasteiger partial charge in [0.2, 0.25) is 0 Å².